The first kappa shape index (κ1) is 21.8. The third-order valence-electron chi connectivity index (χ3n) is 5.91. The van der Waals surface area contributed by atoms with Crippen molar-refractivity contribution in [2.75, 3.05) is 38.5 Å². The molecule has 2 aromatic carbocycles. The molecule has 2 aliphatic rings. The Hall–Kier alpha value is -2.42. The zero-order valence-electron chi connectivity index (χ0n) is 17.8. The molecule has 0 spiro atoms. The van der Waals surface area contributed by atoms with Gasteiger partial charge in [-0.2, -0.15) is 4.31 Å². The van der Waals surface area contributed by atoms with E-state index in [-0.39, 0.29) is 16.9 Å². The zero-order chi connectivity index (χ0) is 21.8. The molecule has 7 nitrogen and oxygen atoms in total. The third kappa shape index (κ3) is 5.26. The summed E-state index contributed by atoms with van der Waals surface area (Å²) in [6, 6.07) is 13.5. The Kier molecular flexibility index (Phi) is 6.60. The number of benzene rings is 2. The van der Waals surface area contributed by atoms with E-state index in [4.69, 9.17) is 4.74 Å². The first-order valence-corrected chi connectivity index (χ1v) is 12.2. The van der Waals surface area contributed by atoms with Crippen LogP contribution in [0.1, 0.15) is 36.0 Å². The van der Waals surface area contributed by atoms with Crippen LogP contribution in [0.3, 0.4) is 0 Å². The number of rotatable bonds is 6. The summed E-state index contributed by atoms with van der Waals surface area (Å²) in [4.78, 5) is 15.0. The first-order valence-electron chi connectivity index (χ1n) is 10.8. The lowest BCUT2D eigenvalue weighted by Gasteiger charge is -2.31. The highest BCUT2D eigenvalue weighted by atomic mass is 32.2. The summed E-state index contributed by atoms with van der Waals surface area (Å²) in [6.07, 6.45) is 4.88. The maximum absolute atomic E-state index is 13.0. The molecular formula is C23H29N3O4S. The molecule has 8 heteroatoms. The predicted octanol–water partition coefficient (Wildman–Crippen LogP) is 3.20. The van der Waals surface area contributed by atoms with E-state index in [0.29, 0.717) is 37.4 Å². The van der Waals surface area contributed by atoms with Crippen LogP contribution in [0.5, 0.6) is 5.75 Å². The molecule has 166 valence electrons. The molecule has 0 atom stereocenters. The summed E-state index contributed by atoms with van der Waals surface area (Å²) < 4.78 is 33.4. The van der Waals surface area contributed by atoms with E-state index in [1.54, 1.807) is 30.3 Å². The van der Waals surface area contributed by atoms with E-state index in [0.717, 1.165) is 18.6 Å². The van der Waals surface area contributed by atoms with Gasteiger partial charge in [-0.15, -0.1) is 0 Å². The van der Waals surface area contributed by atoms with E-state index in [1.807, 2.05) is 19.2 Å². The average molecular weight is 444 g/mol. The van der Waals surface area contributed by atoms with E-state index < -0.39 is 10.0 Å². The smallest absolute Gasteiger partial charge is 0.255 e. The van der Waals surface area contributed by atoms with Crippen molar-refractivity contribution in [3.8, 4) is 5.75 Å². The summed E-state index contributed by atoms with van der Waals surface area (Å²) >= 11 is 0. The fourth-order valence-corrected chi connectivity index (χ4v) is 5.46. The van der Waals surface area contributed by atoms with Crippen molar-refractivity contribution in [1.29, 1.82) is 0 Å². The summed E-state index contributed by atoms with van der Waals surface area (Å²) in [5, 5.41) is 2.83. The van der Waals surface area contributed by atoms with Crippen molar-refractivity contribution < 1.29 is 17.9 Å². The van der Waals surface area contributed by atoms with Crippen LogP contribution < -0.4 is 10.1 Å². The highest BCUT2D eigenvalue weighted by molar-refractivity contribution is 7.89. The molecule has 0 aromatic heterocycles. The molecule has 1 aliphatic carbocycles. The SMILES string of the molecule is CN1CCN(S(=O)(=O)c2cccc(C(=O)Nc3ccc(OC4CCCC4)cc3)c2)CC1. The molecular weight excluding hydrogens is 414 g/mol. The fraction of sp³-hybridized carbons (Fsp3) is 0.435. The second kappa shape index (κ2) is 9.38. The highest BCUT2D eigenvalue weighted by Crippen LogP contribution is 2.25. The Morgan fingerprint density at radius 2 is 1.68 bits per heavy atom. The number of sulfonamides is 1. The number of hydrogen-bond acceptors (Lipinski definition) is 5. The number of anilines is 1. The van der Waals surface area contributed by atoms with Gasteiger partial charge < -0.3 is 15.0 Å². The Labute approximate surface area is 184 Å². The van der Waals surface area contributed by atoms with E-state index >= 15 is 0 Å². The van der Waals surface area contributed by atoms with Crippen molar-refractivity contribution in [1.82, 2.24) is 9.21 Å². The lowest BCUT2D eigenvalue weighted by atomic mass is 10.2. The Balaban J connectivity index is 1.42. The lowest BCUT2D eigenvalue weighted by molar-refractivity contribution is 0.102. The summed E-state index contributed by atoms with van der Waals surface area (Å²) in [5.74, 6) is 0.449. The molecule has 2 fully saturated rings. The zero-order valence-corrected chi connectivity index (χ0v) is 18.6. The summed E-state index contributed by atoms with van der Waals surface area (Å²) in [5.41, 5.74) is 0.942. The number of hydrogen-bond donors (Lipinski definition) is 1. The molecule has 0 radical (unpaired) electrons. The van der Waals surface area contributed by atoms with Crippen molar-refractivity contribution in [3.63, 3.8) is 0 Å². The standard InChI is InChI=1S/C23H29N3O4S/c1-25-13-15-26(16-14-25)31(28,29)22-8-4-5-18(17-22)23(27)24-19-9-11-21(12-10-19)30-20-6-2-3-7-20/h4-5,8-12,17,20H,2-3,6-7,13-16H2,1H3,(H,24,27). The van der Waals surface area contributed by atoms with Crippen molar-refractivity contribution >= 4 is 21.6 Å². The first-order chi connectivity index (χ1) is 14.9. The van der Waals surface area contributed by atoms with Crippen LogP contribution in [-0.4, -0.2) is 62.9 Å². The fourth-order valence-electron chi connectivity index (χ4n) is 3.99. The van der Waals surface area contributed by atoms with Crippen LogP contribution in [0, 0.1) is 0 Å². The number of nitrogens with zero attached hydrogens (tertiary/aromatic N) is 2. The van der Waals surface area contributed by atoms with Gasteiger partial charge in [0.1, 0.15) is 5.75 Å². The van der Waals surface area contributed by atoms with E-state index in [9.17, 15) is 13.2 Å². The van der Waals surface area contributed by atoms with Gasteiger partial charge in [0.15, 0.2) is 0 Å². The Morgan fingerprint density at radius 3 is 2.35 bits per heavy atom. The van der Waals surface area contributed by atoms with E-state index in [2.05, 4.69) is 10.2 Å². The van der Waals surface area contributed by atoms with Gasteiger partial charge in [-0.25, -0.2) is 8.42 Å². The number of likely N-dealkylation sites (N-methyl/N-ethyl adjacent to an activating group) is 1. The molecule has 2 aromatic rings. The van der Waals surface area contributed by atoms with Crippen LogP contribution in [0.25, 0.3) is 0 Å². The van der Waals surface area contributed by atoms with Gasteiger partial charge in [0.25, 0.3) is 5.91 Å². The summed E-state index contributed by atoms with van der Waals surface area (Å²) in [7, 11) is -1.65. The van der Waals surface area contributed by atoms with Crippen LogP contribution in [0.4, 0.5) is 5.69 Å². The molecule has 4 rings (SSSR count). The number of carbonyl (C=O) groups excluding carboxylic acids is 1. The number of carbonyl (C=O) groups is 1. The lowest BCUT2D eigenvalue weighted by Crippen LogP contribution is -2.47. The topological polar surface area (TPSA) is 79.0 Å². The van der Waals surface area contributed by atoms with Gasteiger partial charge in [-0.3, -0.25) is 4.79 Å². The predicted molar refractivity (Wildman–Crippen MR) is 120 cm³/mol. The second-order valence-corrected chi connectivity index (χ2v) is 10.2. The van der Waals surface area contributed by atoms with Gasteiger partial charge in [0, 0.05) is 37.4 Å². The van der Waals surface area contributed by atoms with Gasteiger partial charge in [-0.1, -0.05) is 6.07 Å². The number of nitrogens with one attached hydrogen (secondary N) is 1. The normalized spacial score (nSPS) is 18.7. The molecule has 31 heavy (non-hydrogen) atoms. The molecule has 1 saturated heterocycles. The number of ether oxygens (including phenoxy) is 1. The minimum Gasteiger partial charge on any atom is -0.490 e. The average Bonchev–Trinajstić information content (AvgIpc) is 3.28. The van der Waals surface area contributed by atoms with Crippen molar-refractivity contribution in [3.05, 3.63) is 54.1 Å². The van der Waals surface area contributed by atoms with Gasteiger partial charge in [-0.05, 0) is 75.2 Å². The minimum atomic E-state index is -3.62. The maximum Gasteiger partial charge on any atom is 0.255 e. The van der Waals surface area contributed by atoms with Crippen LogP contribution in [0.2, 0.25) is 0 Å². The minimum absolute atomic E-state index is 0.144. The molecule has 1 saturated carbocycles. The molecule has 0 bridgehead atoms. The quantitative estimate of drug-likeness (QED) is 0.742. The number of amides is 1. The third-order valence-corrected chi connectivity index (χ3v) is 7.81. The second-order valence-electron chi connectivity index (χ2n) is 8.24. The van der Waals surface area contributed by atoms with Gasteiger partial charge >= 0.3 is 0 Å². The van der Waals surface area contributed by atoms with Crippen LogP contribution in [0.15, 0.2) is 53.4 Å². The molecule has 1 heterocycles. The molecule has 1 amide bonds. The van der Waals surface area contributed by atoms with Gasteiger partial charge in [0.05, 0.1) is 11.0 Å². The maximum atomic E-state index is 13.0. The Morgan fingerprint density at radius 1 is 1.00 bits per heavy atom. The van der Waals surface area contributed by atoms with E-state index in [1.165, 1.54) is 23.2 Å². The number of piperazine rings is 1. The Bertz CT molecular complexity index is 1010. The largest absolute Gasteiger partial charge is 0.490 e. The summed E-state index contributed by atoms with van der Waals surface area (Å²) in [6.45, 7) is 2.29. The molecule has 0 unspecified atom stereocenters. The van der Waals surface area contributed by atoms with Crippen molar-refractivity contribution in [2.45, 2.75) is 36.7 Å². The monoisotopic (exact) mass is 443 g/mol. The highest BCUT2D eigenvalue weighted by Gasteiger charge is 2.28. The van der Waals surface area contributed by atoms with Crippen LogP contribution in [-0.2, 0) is 10.0 Å². The van der Waals surface area contributed by atoms with Crippen LogP contribution >= 0.6 is 0 Å². The molecule has 1 N–H and O–H groups in total. The molecule has 1 aliphatic heterocycles. The van der Waals surface area contributed by atoms with Crippen molar-refractivity contribution in [2.24, 2.45) is 0 Å². The van der Waals surface area contributed by atoms with Gasteiger partial charge in [0.2, 0.25) is 10.0 Å².